The predicted molar refractivity (Wildman–Crippen MR) is 82.1 cm³/mol. The number of halogens is 2. The van der Waals surface area contributed by atoms with Crippen LogP contribution >= 0.6 is 24.8 Å². The zero-order valence-electron chi connectivity index (χ0n) is 11.0. The van der Waals surface area contributed by atoms with Gasteiger partial charge in [-0.25, -0.2) is 4.98 Å². The van der Waals surface area contributed by atoms with Gasteiger partial charge >= 0.3 is 0 Å². The quantitative estimate of drug-likeness (QED) is 0.902. The average molecular weight is 306 g/mol. The summed E-state index contributed by atoms with van der Waals surface area (Å²) in [6, 6.07) is 3.76. The van der Waals surface area contributed by atoms with Crippen LogP contribution in [0.5, 0.6) is 0 Å². The summed E-state index contributed by atoms with van der Waals surface area (Å²) in [4.78, 5) is 16.4. The fraction of sp³-hybridized carbons (Fsp3) is 0.538. The van der Waals surface area contributed by atoms with Gasteiger partial charge in [0, 0.05) is 12.7 Å². The number of hydrogen-bond donors (Lipinski definition) is 2. The summed E-state index contributed by atoms with van der Waals surface area (Å²) in [5.74, 6) is 0.633. The van der Waals surface area contributed by atoms with Crippen molar-refractivity contribution in [1.82, 2.24) is 4.98 Å². The number of carbonyl (C=O) groups is 1. The van der Waals surface area contributed by atoms with Gasteiger partial charge in [-0.15, -0.1) is 24.8 Å². The molecule has 0 atom stereocenters. The van der Waals surface area contributed by atoms with Crippen LogP contribution in [0.25, 0.3) is 0 Å². The van der Waals surface area contributed by atoms with Crippen LogP contribution < -0.4 is 11.1 Å². The number of carbonyl (C=O) groups excluding carboxylic acids is 1. The molecule has 4 nitrogen and oxygen atoms in total. The van der Waals surface area contributed by atoms with Crippen LogP contribution in [0.4, 0.5) is 5.82 Å². The Labute approximate surface area is 126 Å². The molecule has 1 aliphatic rings. The maximum atomic E-state index is 12.2. The Morgan fingerprint density at radius 1 is 1.37 bits per heavy atom. The van der Waals surface area contributed by atoms with Crippen molar-refractivity contribution in [2.24, 2.45) is 11.1 Å². The Bertz CT molecular complexity index is 403. The molecule has 0 radical (unpaired) electrons. The highest BCUT2D eigenvalue weighted by Crippen LogP contribution is 2.37. The van der Waals surface area contributed by atoms with Crippen molar-refractivity contribution >= 4 is 36.5 Å². The third-order valence-electron chi connectivity index (χ3n) is 3.59. The molecule has 108 valence electrons. The van der Waals surface area contributed by atoms with E-state index in [-0.39, 0.29) is 36.1 Å². The number of anilines is 1. The number of aryl methyl sites for hydroxylation is 1. The number of pyridine rings is 1. The first-order valence-electron chi connectivity index (χ1n) is 6.10. The van der Waals surface area contributed by atoms with Gasteiger partial charge in [-0.3, -0.25) is 4.79 Å². The topological polar surface area (TPSA) is 68.0 Å². The Morgan fingerprint density at radius 3 is 2.47 bits per heavy atom. The first kappa shape index (κ1) is 18.2. The number of nitrogens with zero attached hydrogens (tertiary/aromatic N) is 1. The summed E-state index contributed by atoms with van der Waals surface area (Å²) in [7, 11) is 0. The summed E-state index contributed by atoms with van der Waals surface area (Å²) < 4.78 is 0. The van der Waals surface area contributed by atoms with Crippen LogP contribution in [0.2, 0.25) is 0 Å². The second-order valence-electron chi connectivity index (χ2n) is 4.87. The van der Waals surface area contributed by atoms with Crippen LogP contribution in [0, 0.1) is 12.3 Å². The van der Waals surface area contributed by atoms with Crippen molar-refractivity contribution in [3.8, 4) is 0 Å². The molecule has 0 bridgehead atoms. The van der Waals surface area contributed by atoms with Gasteiger partial charge in [0.05, 0.1) is 5.41 Å². The lowest BCUT2D eigenvalue weighted by atomic mass is 9.85. The van der Waals surface area contributed by atoms with Gasteiger partial charge in [-0.05, 0) is 31.4 Å². The van der Waals surface area contributed by atoms with E-state index >= 15 is 0 Å². The number of amides is 1. The number of aromatic nitrogens is 1. The van der Waals surface area contributed by atoms with E-state index in [4.69, 9.17) is 5.73 Å². The minimum atomic E-state index is -0.368. The molecule has 1 aliphatic carbocycles. The van der Waals surface area contributed by atoms with Crippen LogP contribution in [0.1, 0.15) is 31.2 Å². The SMILES string of the molecule is Cc1ccc(NC(=O)C2(CN)CCCC2)nc1.Cl.Cl. The molecule has 0 aliphatic heterocycles. The van der Waals surface area contributed by atoms with Crippen molar-refractivity contribution in [3.05, 3.63) is 23.9 Å². The van der Waals surface area contributed by atoms with Crippen molar-refractivity contribution in [3.63, 3.8) is 0 Å². The third-order valence-corrected chi connectivity index (χ3v) is 3.59. The lowest BCUT2D eigenvalue weighted by Gasteiger charge is -2.25. The van der Waals surface area contributed by atoms with Crippen LogP contribution in [-0.4, -0.2) is 17.4 Å². The Hall–Kier alpha value is -0.840. The molecule has 1 aromatic rings. The molecule has 1 amide bonds. The molecule has 6 heteroatoms. The van der Waals surface area contributed by atoms with E-state index in [1.54, 1.807) is 6.20 Å². The molecule has 0 saturated heterocycles. The minimum absolute atomic E-state index is 0. The van der Waals surface area contributed by atoms with E-state index in [2.05, 4.69) is 10.3 Å². The van der Waals surface area contributed by atoms with Gasteiger partial charge in [0.2, 0.25) is 5.91 Å². The average Bonchev–Trinajstić information content (AvgIpc) is 2.82. The highest BCUT2D eigenvalue weighted by Gasteiger charge is 2.39. The van der Waals surface area contributed by atoms with Crippen LogP contribution in [0.15, 0.2) is 18.3 Å². The second kappa shape index (κ2) is 7.68. The summed E-state index contributed by atoms with van der Waals surface area (Å²) in [6.07, 6.45) is 5.71. The zero-order chi connectivity index (χ0) is 12.3. The van der Waals surface area contributed by atoms with Gasteiger partial charge < -0.3 is 11.1 Å². The van der Waals surface area contributed by atoms with E-state index < -0.39 is 0 Å². The zero-order valence-corrected chi connectivity index (χ0v) is 12.6. The molecule has 1 heterocycles. The highest BCUT2D eigenvalue weighted by molar-refractivity contribution is 5.95. The summed E-state index contributed by atoms with van der Waals surface area (Å²) in [5, 5.41) is 2.87. The van der Waals surface area contributed by atoms with Crippen molar-refractivity contribution < 1.29 is 4.79 Å². The molecule has 3 N–H and O–H groups in total. The Kier molecular flexibility index (Phi) is 7.34. The summed E-state index contributed by atoms with van der Waals surface area (Å²) in [6.45, 7) is 2.39. The van der Waals surface area contributed by atoms with Gasteiger partial charge in [-0.1, -0.05) is 18.9 Å². The third kappa shape index (κ3) is 4.06. The fourth-order valence-electron chi connectivity index (χ4n) is 2.37. The molecule has 1 aromatic heterocycles. The van der Waals surface area contributed by atoms with Crippen molar-refractivity contribution in [2.45, 2.75) is 32.6 Å². The number of nitrogens with two attached hydrogens (primary N) is 1. The van der Waals surface area contributed by atoms with Crippen molar-refractivity contribution in [1.29, 1.82) is 0 Å². The molecule has 1 saturated carbocycles. The molecule has 0 aromatic carbocycles. The first-order chi connectivity index (χ1) is 8.16. The van der Waals surface area contributed by atoms with Crippen molar-refractivity contribution in [2.75, 3.05) is 11.9 Å². The highest BCUT2D eigenvalue weighted by atomic mass is 35.5. The molecule has 19 heavy (non-hydrogen) atoms. The molecule has 1 fully saturated rings. The summed E-state index contributed by atoms with van der Waals surface area (Å²) in [5.41, 5.74) is 6.48. The minimum Gasteiger partial charge on any atom is -0.329 e. The lowest BCUT2D eigenvalue weighted by Crippen LogP contribution is -2.40. The predicted octanol–water partition coefficient (Wildman–Crippen LogP) is 2.69. The van der Waals surface area contributed by atoms with E-state index in [1.807, 2.05) is 19.1 Å². The normalized spacial score (nSPS) is 16.1. The molecule has 0 spiro atoms. The number of hydrogen-bond acceptors (Lipinski definition) is 3. The van der Waals surface area contributed by atoms with E-state index in [9.17, 15) is 4.79 Å². The standard InChI is InChI=1S/C13H19N3O.2ClH/c1-10-4-5-11(15-8-10)16-12(17)13(9-14)6-2-3-7-13;;/h4-5,8H,2-3,6-7,9,14H2,1H3,(H,15,16,17);2*1H. The van der Waals surface area contributed by atoms with E-state index in [0.717, 1.165) is 31.2 Å². The van der Waals surface area contributed by atoms with Gasteiger partial charge in [0.15, 0.2) is 0 Å². The molecule has 2 rings (SSSR count). The largest absolute Gasteiger partial charge is 0.329 e. The Balaban J connectivity index is 0.00000162. The second-order valence-corrected chi connectivity index (χ2v) is 4.87. The Morgan fingerprint density at radius 2 is 2.00 bits per heavy atom. The van der Waals surface area contributed by atoms with Crippen LogP contribution in [-0.2, 0) is 4.79 Å². The van der Waals surface area contributed by atoms with E-state index in [0.29, 0.717) is 12.4 Å². The maximum absolute atomic E-state index is 12.2. The molecular weight excluding hydrogens is 285 g/mol. The summed E-state index contributed by atoms with van der Waals surface area (Å²) >= 11 is 0. The number of nitrogens with one attached hydrogen (secondary N) is 1. The van der Waals surface area contributed by atoms with Crippen LogP contribution in [0.3, 0.4) is 0 Å². The monoisotopic (exact) mass is 305 g/mol. The number of rotatable bonds is 3. The molecular formula is C13H21Cl2N3O. The first-order valence-corrected chi connectivity index (χ1v) is 6.10. The van der Waals surface area contributed by atoms with Gasteiger partial charge in [-0.2, -0.15) is 0 Å². The lowest BCUT2D eigenvalue weighted by molar-refractivity contribution is -0.124. The smallest absolute Gasteiger partial charge is 0.233 e. The fourth-order valence-corrected chi connectivity index (χ4v) is 2.37. The molecule has 0 unspecified atom stereocenters. The van der Waals surface area contributed by atoms with E-state index in [1.165, 1.54) is 0 Å². The maximum Gasteiger partial charge on any atom is 0.233 e. The van der Waals surface area contributed by atoms with Gasteiger partial charge in [0.1, 0.15) is 5.82 Å². The van der Waals surface area contributed by atoms with Gasteiger partial charge in [0.25, 0.3) is 0 Å².